The van der Waals surface area contributed by atoms with Crippen molar-refractivity contribution in [2.75, 3.05) is 33.3 Å². The molecule has 0 bridgehead atoms. The second kappa shape index (κ2) is 19.7. The Morgan fingerprint density at radius 3 is 1.18 bits per heavy atom. The number of ether oxygens (including phenoxy) is 1. The van der Waals surface area contributed by atoms with E-state index >= 15 is 0 Å². The molecule has 2 aliphatic carbocycles. The predicted molar refractivity (Wildman–Crippen MR) is 237 cm³/mol. The molecule has 2 saturated carbocycles. The van der Waals surface area contributed by atoms with E-state index in [-0.39, 0.29) is 29.2 Å². The van der Waals surface area contributed by atoms with Gasteiger partial charge in [0.05, 0.1) is 7.11 Å². The van der Waals surface area contributed by atoms with Crippen molar-refractivity contribution in [2.45, 2.75) is 143 Å². The van der Waals surface area contributed by atoms with Crippen LogP contribution in [0, 0.1) is 10.8 Å². The average molecular weight is 849 g/mol. The van der Waals surface area contributed by atoms with Gasteiger partial charge in [-0.05, 0) is 89.2 Å². The first-order valence-corrected chi connectivity index (χ1v) is 21.2. The smallest absolute Gasteiger partial charge is 0.325 e. The van der Waals surface area contributed by atoms with Crippen LogP contribution in [0.1, 0.15) is 120 Å². The van der Waals surface area contributed by atoms with Crippen LogP contribution in [0.15, 0.2) is 60.7 Å². The fourth-order valence-corrected chi connectivity index (χ4v) is 7.18. The topological polar surface area (TPSA) is 186 Å². The molecule has 0 unspecified atom stereocenters. The number of hydrogen-bond acceptors (Lipinski definition) is 7. The second-order valence-corrected chi connectivity index (χ2v) is 20.9. The molecular formula is C47H72N6O8. The van der Waals surface area contributed by atoms with E-state index in [0.717, 1.165) is 36.8 Å². The first-order chi connectivity index (χ1) is 28.0. The van der Waals surface area contributed by atoms with Crippen LogP contribution in [-0.2, 0) is 34.7 Å². The number of hydrogen-bond donors (Lipinski definition) is 5. The minimum atomic E-state index is -1.07. The van der Waals surface area contributed by atoms with Crippen molar-refractivity contribution in [3.05, 3.63) is 71.8 Å². The van der Waals surface area contributed by atoms with Gasteiger partial charge in [-0.1, -0.05) is 102 Å². The largest absolute Gasteiger partial charge is 0.480 e. The SMILES string of the molecule is CC(C)(C)NC(=O)N[C@H](C(=O)N(CC(=O)O)CC1(c2ccccc2)CC1)C(C)(C)C.COC(=O)CN(CC1(c2ccccc2)CC1)C(=O)[C@@H](NC(=O)NC(C)(C)C)C(C)(C)C. The molecule has 2 aromatic carbocycles. The Kier molecular flexibility index (Phi) is 16.2. The lowest BCUT2D eigenvalue weighted by Gasteiger charge is -2.36. The molecule has 14 nitrogen and oxygen atoms in total. The number of nitrogens with one attached hydrogen (secondary N) is 4. The summed E-state index contributed by atoms with van der Waals surface area (Å²) in [6.45, 7) is 22.6. The quantitative estimate of drug-likeness (QED) is 0.136. The lowest BCUT2D eigenvalue weighted by atomic mass is 9.85. The molecule has 0 spiro atoms. The number of rotatable bonds is 14. The lowest BCUT2D eigenvalue weighted by Crippen LogP contribution is -2.59. The molecule has 6 amide bonds. The monoisotopic (exact) mass is 849 g/mol. The molecule has 4 rings (SSSR count). The molecule has 0 aromatic heterocycles. The molecule has 2 aromatic rings. The number of amides is 6. The van der Waals surface area contributed by atoms with Crippen molar-refractivity contribution in [1.82, 2.24) is 31.1 Å². The maximum absolute atomic E-state index is 13.7. The molecule has 0 saturated heterocycles. The van der Waals surface area contributed by atoms with Gasteiger partial charge in [0.2, 0.25) is 11.8 Å². The van der Waals surface area contributed by atoms with Crippen LogP contribution in [-0.4, -0.2) is 107 Å². The van der Waals surface area contributed by atoms with E-state index in [1.807, 2.05) is 132 Å². The van der Waals surface area contributed by atoms with Crippen molar-refractivity contribution >= 4 is 35.8 Å². The fraction of sp³-hybridized carbons (Fsp3) is 0.617. The molecule has 2 fully saturated rings. The van der Waals surface area contributed by atoms with Crippen LogP contribution < -0.4 is 21.3 Å². The van der Waals surface area contributed by atoms with Crippen molar-refractivity contribution < 1.29 is 38.6 Å². The molecular weight excluding hydrogens is 777 g/mol. The molecule has 5 N–H and O–H groups in total. The van der Waals surface area contributed by atoms with Gasteiger partial charge in [-0.3, -0.25) is 19.2 Å². The molecule has 14 heteroatoms. The van der Waals surface area contributed by atoms with E-state index in [1.54, 1.807) is 4.90 Å². The lowest BCUT2D eigenvalue weighted by molar-refractivity contribution is -0.149. The maximum Gasteiger partial charge on any atom is 0.325 e. The molecule has 0 radical (unpaired) electrons. The Hall–Kier alpha value is -5.14. The number of urea groups is 2. The number of nitrogens with zero attached hydrogens (tertiary/aromatic N) is 2. The predicted octanol–water partition coefficient (Wildman–Crippen LogP) is 6.38. The van der Waals surface area contributed by atoms with Crippen LogP contribution in [0.3, 0.4) is 0 Å². The molecule has 61 heavy (non-hydrogen) atoms. The van der Waals surface area contributed by atoms with Gasteiger partial charge in [-0.25, -0.2) is 9.59 Å². The Balaban J connectivity index is 0.000000325. The third-order valence-corrected chi connectivity index (χ3v) is 10.7. The summed E-state index contributed by atoms with van der Waals surface area (Å²) >= 11 is 0. The zero-order valence-electron chi connectivity index (χ0n) is 38.8. The number of carbonyl (C=O) groups is 6. The van der Waals surface area contributed by atoms with Crippen LogP contribution in [0.5, 0.6) is 0 Å². The fourth-order valence-electron chi connectivity index (χ4n) is 7.18. The molecule has 0 aliphatic heterocycles. The van der Waals surface area contributed by atoms with Crippen molar-refractivity contribution in [1.29, 1.82) is 0 Å². The molecule has 2 atom stereocenters. The van der Waals surface area contributed by atoms with Gasteiger partial charge in [0.15, 0.2) is 0 Å². The van der Waals surface area contributed by atoms with Crippen molar-refractivity contribution in [3.63, 3.8) is 0 Å². The summed E-state index contributed by atoms with van der Waals surface area (Å²) in [5.41, 5.74) is -0.156. The van der Waals surface area contributed by atoms with Gasteiger partial charge in [0.1, 0.15) is 25.2 Å². The summed E-state index contributed by atoms with van der Waals surface area (Å²) in [6, 6.07) is 17.4. The summed E-state index contributed by atoms with van der Waals surface area (Å²) in [5, 5.41) is 20.7. The highest BCUT2D eigenvalue weighted by atomic mass is 16.5. The highest BCUT2D eigenvalue weighted by Gasteiger charge is 2.49. The van der Waals surface area contributed by atoms with Crippen LogP contribution >= 0.6 is 0 Å². The van der Waals surface area contributed by atoms with Gasteiger partial charge < -0.3 is 40.9 Å². The Morgan fingerprint density at radius 2 is 0.918 bits per heavy atom. The van der Waals surface area contributed by atoms with Crippen molar-refractivity contribution in [2.24, 2.45) is 10.8 Å². The third-order valence-electron chi connectivity index (χ3n) is 10.7. The van der Waals surface area contributed by atoms with E-state index in [4.69, 9.17) is 4.74 Å². The second-order valence-electron chi connectivity index (χ2n) is 20.9. The first-order valence-electron chi connectivity index (χ1n) is 21.2. The van der Waals surface area contributed by atoms with Gasteiger partial charge in [0.25, 0.3) is 0 Å². The highest BCUT2D eigenvalue weighted by molar-refractivity contribution is 5.91. The van der Waals surface area contributed by atoms with Crippen LogP contribution in [0.4, 0.5) is 9.59 Å². The Bertz CT molecular complexity index is 1830. The number of carboxylic acids is 1. The van der Waals surface area contributed by atoms with E-state index in [9.17, 15) is 33.9 Å². The number of aliphatic carboxylic acids is 1. The molecule has 2 aliphatic rings. The highest BCUT2D eigenvalue weighted by Crippen LogP contribution is 2.50. The number of carboxylic acid groups (broad SMARTS) is 1. The average Bonchev–Trinajstić information content (AvgIpc) is 4.08. The zero-order valence-corrected chi connectivity index (χ0v) is 38.8. The summed E-state index contributed by atoms with van der Waals surface area (Å²) in [6.07, 6.45) is 3.69. The van der Waals surface area contributed by atoms with Crippen LogP contribution in [0.25, 0.3) is 0 Å². The minimum Gasteiger partial charge on any atom is -0.480 e. The maximum atomic E-state index is 13.7. The summed E-state index contributed by atoms with van der Waals surface area (Å²) < 4.78 is 4.85. The summed E-state index contributed by atoms with van der Waals surface area (Å²) in [4.78, 5) is 78.8. The molecule has 338 valence electrons. The number of carbonyl (C=O) groups excluding carboxylic acids is 5. The zero-order chi connectivity index (χ0) is 46.2. The van der Waals surface area contributed by atoms with Gasteiger partial charge in [0, 0.05) is 35.0 Å². The first kappa shape index (κ1) is 50.2. The molecule has 0 heterocycles. The van der Waals surface area contributed by atoms with E-state index in [2.05, 4.69) is 33.4 Å². The van der Waals surface area contributed by atoms with Gasteiger partial charge >= 0.3 is 24.0 Å². The summed E-state index contributed by atoms with van der Waals surface area (Å²) in [7, 11) is 1.31. The number of methoxy groups -OCH3 is 1. The Labute approximate surface area is 363 Å². The van der Waals surface area contributed by atoms with Crippen molar-refractivity contribution in [3.8, 4) is 0 Å². The third kappa shape index (κ3) is 15.7. The normalized spacial score (nSPS) is 16.2. The van der Waals surface area contributed by atoms with E-state index < -0.39 is 64.5 Å². The van der Waals surface area contributed by atoms with Gasteiger partial charge in [-0.2, -0.15) is 0 Å². The standard InChI is InChI=1S/C24H37N3O4.C23H35N3O4/c1-22(2,3)19(25-21(30)26-23(4,5)6)20(29)27(15-18(28)31-7)16-24(13-14-24)17-11-9-8-10-12-17;1-21(2,3)18(24-20(30)25-22(4,5)6)19(29)26(14-17(27)28)15-23(12-13-23)16-10-8-7-9-11-16/h8-12,19H,13-16H2,1-7H3,(H2,25,26,30);7-11,18H,12-15H2,1-6H3,(H,27,28)(H2,24,25,30)/t19-;18-/m11/s1. The number of benzene rings is 2. The number of esters is 1. The summed E-state index contributed by atoms with van der Waals surface area (Å²) in [5.74, 6) is -2.22. The van der Waals surface area contributed by atoms with E-state index in [0.29, 0.717) is 13.1 Å². The Morgan fingerprint density at radius 1 is 0.590 bits per heavy atom. The van der Waals surface area contributed by atoms with Crippen LogP contribution in [0.2, 0.25) is 0 Å². The van der Waals surface area contributed by atoms with E-state index in [1.165, 1.54) is 12.0 Å². The van der Waals surface area contributed by atoms with Gasteiger partial charge in [-0.15, -0.1) is 0 Å². The minimum absolute atomic E-state index is 0.154.